The standard InChI is InChI=1S/C18H12Cl2F5N3O/c1-9-2-16(29-8-14-13(22)3-10(21)5-26-14)12(19)7-28(9)15-4-17(20)27-6-11(15)18(23,24)25/h2-6H,7-8H2,1H3. The van der Waals surface area contributed by atoms with Gasteiger partial charge < -0.3 is 9.64 Å². The molecule has 0 bridgehead atoms. The molecule has 29 heavy (non-hydrogen) atoms. The van der Waals surface area contributed by atoms with Gasteiger partial charge in [0.05, 0.1) is 29.0 Å². The Hall–Kier alpha value is -2.39. The first kappa shape index (κ1) is 21.3. The predicted molar refractivity (Wildman–Crippen MR) is 97.2 cm³/mol. The highest BCUT2D eigenvalue weighted by Crippen LogP contribution is 2.40. The van der Waals surface area contributed by atoms with Gasteiger partial charge in [0.2, 0.25) is 0 Å². The van der Waals surface area contributed by atoms with E-state index in [1.165, 1.54) is 11.0 Å². The number of hydrogen-bond acceptors (Lipinski definition) is 4. The van der Waals surface area contributed by atoms with Crippen molar-refractivity contribution in [1.82, 2.24) is 9.97 Å². The third kappa shape index (κ3) is 4.79. The van der Waals surface area contributed by atoms with Gasteiger partial charge in [0.15, 0.2) is 5.82 Å². The van der Waals surface area contributed by atoms with Gasteiger partial charge in [0, 0.05) is 24.0 Å². The van der Waals surface area contributed by atoms with E-state index in [4.69, 9.17) is 27.9 Å². The second kappa shape index (κ2) is 8.16. The summed E-state index contributed by atoms with van der Waals surface area (Å²) < 4.78 is 72.1. The molecule has 0 radical (unpaired) electrons. The van der Waals surface area contributed by atoms with Gasteiger partial charge in [0.25, 0.3) is 0 Å². The largest absolute Gasteiger partial charge is 0.486 e. The Morgan fingerprint density at radius 2 is 1.86 bits per heavy atom. The van der Waals surface area contributed by atoms with Gasteiger partial charge in [-0.2, -0.15) is 13.2 Å². The van der Waals surface area contributed by atoms with Crippen molar-refractivity contribution in [3.8, 4) is 0 Å². The molecule has 2 aromatic rings. The first-order chi connectivity index (χ1) is 13.6. The van der Waals surface area contributed by atoms with E-state index in [-0.39, 0.29) is 40.5 Å². The number of halogens is 7. The van der Waals surface area contributed by atoms with Crippen molar-refractivity contribution in [1.29, 1.82) is 0 Å². The maximum Gasteiger partial charge on any atom is 0.419 e. The van der Waals surface area contributed by atoms with Crippen molar-refractivity contribution >= 4 is 28.9 Å². The minimum absolute atomic E-state index is 0.0826. The van der Waals surface area contributed by atoms with Crippen LogP contribution in [0.1, 0.15) is 18.2 Å². The van der Waals surface area contributed by atoms with E-state index < -0.39 is 23.4 Å². The lowest BCUT2D eigenvalue weighted by molar-refractivity contribution is -0.137. The molecule has 1 aliphatic rings. The van der Waals surface area contributed by atoms with Crippen LogP contribution in [-0.4, -0.2) is 16.5 Å². The first-order valence-corrected chi connectivity index (χ1v) is 8.82. The number of hydrogen-bond donors (Lipinski definition) is 0. The molecule has 4 nitrogen and oxygen atoms in total. The Bertz CT molecular complexity index is 1010. The molecule has 11 heteroatoms. The summed E-state index contributed by atoms with van der Waals surface area (Å²) in [5.41, 5.74) is -0.947. The highest BCUT2D eigenvalue weighted by Gasteiger charge is 2.36. The number of anilines is 1. The minimum atomic E-state index is -4.65. The molecule has 0 aromatic carbocycles. The van der Waals surface area contributed by atoms with Crippen LogP contribution in [0.4, 0.5) is 27.6 Å². The van der Waals surface area contributed by atoms with Crippen LogP contribution >= 0.6 is 23.2 Å². The molecule has 0 unspecified atom stereocenters. The van der Waals surface area contributed by atoms with Crippen LogP contribution in [0, 0.1) is 11.6 Å². The van der Waals surface area contributed by atoms with Crippen molar-refractivity contribution in [3.05, 3.63) is 75.1 Å². The summed E-state index contributed by atoms with van der Waals surface area (Å²) in [7, 11) is 0. The van der Waals surface area contributed by atoms with E-state index in [1.54, 1.807) is 6.92 Å². The predicted octanol–water partition coefficient (Wildman–Crippen LogP) is 5.82. The van der Waals surface area contributed by atoms with E-state index in [0.29, 0.717) is 18.0 Å². The van der Waals surface area contributed by atoms with Crippen molar-refractivity contribution in [2.45, 2.75) is 19.7 Å². The van der Waals surface area contributed by atoms with Gasteiger partial charge in [-0.15, -0.1) is 0 Å². The Balaban J connectivity index is 1.84. The van der Waals surface area contributed by atoms with E-state index in [0.717, 1.165) is 12.3 Å². The Labute approximate surface area is 172 Å². The van der Waals surface area contributed by atoms with E-state index >= 15 is 0 Å². The fourth-order valence-corrected chi connectivity index (χ4v) is 3.02. The van der Waals surface area contributed by atoms with Gasteiger partial charge in [-0.25, -0.2) is 13.8 Å². The van der Waals surface area contributed by atoms with Crippen LogP contribution in [-0.2, 0) is 17.5 Å². The highest BCUT2D eigenvalue weighted by molar-refractivity contribution is 6.31. The molecule has 2 aromatic heterocycles. The van der Waals surface area contributed by atoms with Crippen LogP contribution in [0.5, 0.6) is 0 Å². The zero-order valence-electron chi connectivity index (χ0n) is 14.7. The number of aromatic nitrogens is 2. The quantitative estimate of drug-likeness (QED) is 0.433. The SMILES string of the molecule is CC1=CC(OCc2ncc(F)cc2F)=C(Cl)CN1c1cc(Cl)ncc1C(F)(F)F. The summed E-state index contributed by atoms with van der Waals surface area (Å²) >= 11 is 12.0. The summed E-state index contributed by atoms with van der Waals surface area (Å²) in [6, 6.07) is 1.76. The lowest BCUT2D eigenvalue weighted by atomic mass is 10.1. The van der Waals surface area contributed by atoms with Crippen LogP contribution in [0.25, 0.3) is 0 Å². The van der Waals surface area contributed by atoms with Crippen LogP contribution in [0.3, 0.4) is 0 Å². The number of nitrogens with zero attached hydrogens (tertiary/aromatic N) is 3. The van der Waals surface area contributed by atoms with Gasteiger partial charge in [0.1, 0.15) is 29.0 Å². The topological polar surface area (TPSA) is 38.2 Å². The molecular weight excluding hydrogens is 440 g/mol. The molecule has 0 aliphatic carbocycles. The minimum Gasteiger partial charge on any atom is -0.486 e. The average Bonchev–Trinajstić information content (AvgIpc) is 2.62. The zero-order valence-corrected chi connectivity index (χ0v) is 16.2. The van der Waals surface area contributed by atoms with Gasteiger partial charge in [-0.05, 0) is 13.0 Å². The van der Waals surface area contributed by atoms with Gasteiger partial charge >= 0.3 is 6.18 Å². The Morgan fingerprint density at radius 1 is 1.14 bits per heavy atom. The molecule has 0 spiro atoms. The number of pyridine rings is 2. The maximum atomic E-state index is 13.7. The smallest absolute Gasteiger partial charge is 0.419 e. The van der Waals surface area contributed by atoms with E-state index in [9.17, 15) is 22.0 Å². The molecule has 154 valence electrons. The zero-order chi connectivity index (χ0) is 21.3. The van der Waals surface area contributed by atoms with Crippen molar-refractivity contribution in [2.24, 2.45) is 0 Å². The maximum absolute atomic E-state index is 13.7. The summed E-state index contributed by atoms with van der Waals surface area (Å²) in [6.45, 7) is 1.08. The third-order valence-electron chi connectivity index (χ3n) is 4.02. The van der Waals surface area contributed by atoms with Crippen molar-refractivity contribution in [2.75, 3.05) is 11.4 Å². The average molecular weight is 452 g/mol. The Kier molecular flexibility index (Phi) is 6.00. The van der Waals surface area contributed by atoms with E-state index in [1.807, 2.05) is 0 Å². The summed E-state index contributed by atoms with van der Waals surface area (Å²) in [5, 5.41) is -0.0278. The number of alkyl halides is 3. The molecule has 3 rings (SSSR count). The molecule has 0 saturated carbocycles. The molecule has 0 N–H and O–H groups in total. The van der Waals surface area contributed by atoms with Crippen molar-refractivity contribution < 1.29 is 26.7 Å². The monoisotopic (exact) mass is 451 g/mol. The van der Waals surface area contributed by atoms with Gasteiger partial charge in [-0.3, -0.25) is 4.98 Å². The molecule has 0 amide bonds. The fraction of sp³-hybridized carbons (Fsp3) is 0.222. The third-order valence-corrected chi connectivity index (χ3v) is 4.54. The molecule has 0 saturated heterocycles. The lowest BCUT2D eigenvalue weighted by Crippen LogP contribution is -2.29. The molecule has 0 fully saturated rings. The first-order valence-electron chi connectivity index (χ1n) is 8.06. The van der Waals surface area contributed by atoms with Crippen LogP contribution < -0.4 is 4.90 Å². The Morgan fingerprint density at radius 3 is 2.52 bits per heavy atom. The lowest BCUT2D eigenvalue weighted by Gasteiger charge is -2.31. The molecule has 0 atom stereocenters. The second-order valence-corrected chi connectivity index (χ2v) is 6.88. The number of ether oxygens (including phenoxy) is 1. The fourth-order valence-electron chi connectivity index (χ4n) is 2.64. The normalized spacial score (nSPS) is 14.9. The highest BCUT2D eigenvalue weighted by atomic mass is 35.5. The number of allylic oxidation sites excluding steroid dienone is 2. The molecule has 3 heterocycles. The molecule has 1 aliphatic heterocycles. The molecular formula is C18H12Cl2F5N3O. The summed E-state index contributed by atoms with van der Waals surface area (Å²) in [4.78, 5) is 8.40. The second-order valence-electron chi connectivity index (χ2n) is 6.03. The summed E-state index contributed by atoms with van der Waals surface area (Å²) in [6.07, 6.45) is -1.75. The van der Waals surface area contributed by atoms with E-state index in [2.05, 4.69) is 9.97 Å². The van der Waals surface area contributed by atoms with Gasteiger partial charge in [-0.1, -0.05) is 23.2 Å². The van der Waals surface area contributed by atoms with Crippen LogP contribution in [0.15, 0.2) is 47.1 Å². The summed E-state index contributed by atoms with van der Waals surface area (Å²) in [5.74, 6) is -1.58. The van der Waals surface area contributed by atoms with Crippen LogP contribution in [0.2, 0.25) is 5.15 Å². The van der Waals surface area contributed by atoms with Crippen molar-refractivity contribution in [3.63, 3.8) is 0 Å². The number of rotatable bonds is 4.